The lowest BCUT2D eigenvalue weighted by Crippen LogP contribution is -2.47. The third-order valence-corrected chi connectivity index (χ3v) is 15.1. The van der Waals surface area contributed by atoms with Gasteiger partial charge >= 0.3 is 58.6 Å². The van der Waals surface area contributed by atoms with Crippen LogP contribution in [0.1, 0.15) is 93.1 Å². The van der Waals surface area contributed by atoms with Gasteiger partial charge < -0.3 is 69.2 Å². The number of aliphatic hydroxyl groups excluding tert-OH is 4. The molecule has 0 bridgehead atoms. The van der Waals surface area contributed by atoms with E-state index in [4.69, 9.17) is 59.0 Å². The van der Waals surface area contributed by atoms with E-state index in [0.717, 1.165) is 39.9 Å². The summed E-state index contributed by atoms with van der Waals surface area (Å²) >= 11 is 0. The molecule has 0 saturated carbocycles. The highest BCUT2D eigenvalue weighted by atomic mass is 35.5. The van der Waals surface area contributed by atoms with Gasteiger partial charge in [-0.25, -0.2) is 28.8 Å². The zero-order valence-corrected chi connectivity index (χ0v) is 56.9. The van der Waals surface area contributed by atoms with Crippen LogP contribution in [0, 0.1) is 0 Å². The first kappa shape index (κ1) is 80.9. The van der Waals surface area contributed by atoms with E-state index in [9.17, 15) is 65.3 Å². The van der Waals surface area contributed by atoms with E-state index >= 15 is 8.78 Å². The number of nitrogens with zero attached hydrogens (tertiary/aromatic N) is 8. The zero-order valence-electron chi connectivity index (χ0n) is 54.0. The van der Waals surface area contributed by atoms with Crippen molar-refractivity contribution in [2.45, 2.75) is 216 Å². The van der Waals surface area contributed by atoms with Crippen molar-refractivity contribution in [3.8, 4) is 0 Å². The van der Waals surface area contributed by atoms with Gasteiger partial charge in [-0.2, -0.15) is 55.1 Å². The Kier molecular flexibility index (Phi) is 26.3. The third kappa shape index (κ3) is 20.3. The molecule has 41 heteroatoms. The molecule has 4 fully saturated rings. The zero-order chi connectivity index (χ0) is 71.4. The highest BCUT2D eigenvalue weighted by molar-refractivity contribution is 6.70. The van der Waals surface area contributed by atoms with Gasteiger partial charge in [-0.1, -0.05) is 13.8 Å². The molecule has 12 atom stereocenters. The van der Waals surface area contributed by atoms with Crippen molar-refractivity contribution in [2.24, 2.45) is 0 Å². The minimum Gasteiger partial charge on any atom is -0.444 e. The van der Waals surface area contributed by atoms with E-state index < -0.39 is 173 Å². The number of aromatic nitrogens is 8. The summed E-state index contributed by atoms with van der Waals surface area (Å²) in [6, 6.07) is 4.77. The Labute approximate surface area is 545 Å². The lowest BCUT2D eigenvalue weighted by molar-refractivity contribution is -0.141. The second-order valence-corrected chi connectivity index (χ2v) is 34.4. The average Bonchev–Trinajstić information content (AvgIpc) is 1.65. The molecule has 0 aliphatic carbocycles. The van der Waals surface area contributed by atoms with Gasteiger partial charge in [0.05, 0.1) is 25.4 Å². The third-order valence-electron chi connectivity index (χ3n) is 13.2. The number of halogens is 9. The fraction of sp³-hybridized carbons (Fsp3) is 0.667. The van der Waals surface area contributed by atoms with E-state index in [1.165, 1.54) is 18.3 Å². The van der Waals surface area contributed by atoms with Crippen LogP contribution in [0.4, 0.5) is 68.0 Å². The van der Waals surface area contributed by atoms with Gasteiger partial charge in [0, 0.05) is 24.8 Å². The normalized spacial score (nSPS) is 26.5. The second-order valence-electron chi connectivity index (χ2n) is 25.5. The molecule has 0 aromatic carbocycles. The number of carbonyl (C=O) groups excluding carboxylic acids is 2. The van der Waals surface area contributed by atoms with Gasteiger partial charge in [0.25, 0.3) is 0 Å². The molecule has 10 N–H and O–H groups in total. The Morgan fingerprint density at radius 3 is 1.01 bits per heavy atom. The number of ether oxygens (including phenoxy) is 6. The van der Waals surface area contributed by atoms with Crippen LogP contribution >= 0.6 is 12.4 Å². The number of hydrogen-bond donors (Lipinski definition) is 8. The number of rotatable bonds is 14. The molecule has 4 unspecified atom stereocenters. The molecule has 0 radical (unpaired) electrons. The molecule has 0 spiro atoms. The Hall–Kier alpha value is -6.58. The number of amides is 2. The SMILES string of the molecule is CC(C)(C)OC(=O)Nc1ccn([C@@H]2O[C@H](CO)C(O)C2(F)F)c(=O)n1.CC[C@H]1O[C@@H](n2ccc(N)nc2=O)C(F)(F)C1O[Si](C)(C)C.CC[C@H]1O[C@@H](n2ccc(NC(=O)OC(C)(C)C)nc2=O)C(F)(F)C1O[Si](C)(C)C.Cl.Nc1ccn([C@@H]2O[C@H](CO)C(O)C2(F)F)c(=O)n1. The Morgan fingerprint density at radius 2 is 0.779 bits per heavy atom. The quantitative estimate of drug-likeness (QED) is 0.0582. The topological polar surface area (TPSA) is 405 Å². The van der Waals surface area contributed by atoms with E-state index in [2.05, 4.69) is 30.6 Å². The maximum atomic E-state index is 15.1. The van der Waals surface area contributed by atoms with Gasteiger partial charge in [0.1, 0.15) is 58.9 Å². The van der Waals surface area contributed by atoms with Crippen LogP contribution in [-0.4, -0.2) is 184 Å². The van der Waals surface area contributed by atoms with E-state index in [1.807, 2.05) is 39.3 Å². The van der Waals surface area contributed by atoms with Crippen LogP contribution in [0.3, 0.4) is 0 Å². The summed E-state index contributed by atoms with van der Waals surface area (Å²) in [4.78, 5) is 84.9. The largest absolute Gasteiger partial charge is 0.444 e. The minimum absolute atomic E-state index is 0. The first-order valence-corrected chi connectivity index (χ1v) is 35.8. The van der Waals surface area contributed by atoms with Crippen LogP contribution < -0.4 is 44.9 Å². The van der Waals surface area contributed by atoms with E-state index in [1.54, 1.807) is 55.4 Å². The molecule has 30 nitrogen and oxygen atoms in total. The van der Waals surface area contributed by atoms with Gasteiger partial charge in [-0.3, -0.25) is 28.9 Å². The van der Waals surface area contributed by atoms with Gasteiger partial charge in [-0.05, 0) is 118 Å². The fourth-order valence-corrected chi connectivity index (χ4v) is 11.4. The highest BCUT2D eigenvalue weighted by Gasteiger charge is 2.64. The Balaban J connectivity index is 0.000000272. The van der Waals surface area contributed by atoms with Crippen molar-refractivity contribution in [2.75, 3.05) is 35.3 Å². The molecule has 4 aromatic heterocycles. The van der Waals surface area contributed by atoms with Crippen molar-refractivity contribution in [1.82, 2.24) is 38.2 Å². The lowest BCUT2D eigenvalue weighted by Gasteiger charge is -2.30. The molecular weight excluding hydrogens is 1350 g/mol. The van der Waals surface area contributed by atoms with Gasteiger partial charge in [0.2, 0.25) is 24.9 Å². The maximum Gasteiger partial charge on any atom is 0.413 e. The molecule has 95 heavy (non-hydrogen) atoms. The number of nitrogen functional groups attached to an aromatic ring is 2. The van der Waals surface area contributed by atoms with Gasteiger partial charge in [0.15, 0.2) is 28.8 Å². The molecule has 8 heterocycles. The minimum atomic E-state index is -3.81. The van der Waals surface area contributed by atoms with Crippen LogP contribution in [0.15, 0.2) is 68.2 Å². The first-order chi connectivity index (χ1) is 43.0. The van der Waals surface area contributed by atoms with Crippen molar-refractivity contribution >= 4 is 64.5 Å². The summed E-state index contributed by atoms with van der Waals surface area (Å²) in [6.07, 6.45) is -16.4. The summed E-state index contributed by atoms with van der Waals surface area (Å²) in [5.41, 5.74) is 5.11. The number of alkyl halides is 8. The second kappa shape index (κ2) is 30.9. The van der Waals surface area contributed by atoms with Crippen molar-refractivity contribution < 1.29 is 102 Å². The predicted octanol–water partition coefficient (Wildman–Crippen LogP) is 5.35. The lowest BCUT2D eigenvalue weighted by atomic mass is 10.1. The summed E-state index contributed by atoms with van der Waals surface area (Å²) in [5, 5.41) is 41.0. The summed E-state index contributed by atoms with van der Waals surface area (Å²) < 4.78 is 160. The number of nitrogens with two attached hydrogens (primary N) is 2. The van der Waals surface area contributed by atoms with Crippen molar-refractivity contribution in [1.29, 1.82) is 0 Å². The number of anilines is 4. The maximum absolute atomic E-state index is 15.1. The molecule has 4 saturated heterocycles. The highest BCUT2D eigenvalue weighted by Crippen LogP contribution is 2.48. The first-order valence-electron chi connectivity index (χ1n) is 29.0. The molecule has 4 aromatic rings. The van der Waals surface area contributed by atoms with Crippen molar-refractivity contribution in [3.63, 3.8) is 0 Å². The number of aliphatic hydroxyl groups is 4. The Morgan fingerprint density at radius 1 is 0.516 bits per heavy atom. The standard InChI is InChI=1S/C18H29F2N3O5Si.C14H19F2N3O6.C13H21F2N3O3Si.C9H11F2N3O4.ClH/c1-8-11-13(28-29(5,6)7)18(19,20)14(26-11)23-10-9-12(21-15(23)24)22-16(25)27-17(2,3)4;1-13(2,3)25-12(23)18-8-4-5-19(11(22)17-8)10-14(15,16)9(21)7(6-20)24-10;1-5-8-10(21-22(2,3)4)13(14,15)11(20-8)18-7-6-9(16)17-12(18)19;10-9(11)6(16)4(3-15)18-7(9)14-2-1-5(12)13-8(14)17;/h9-11,13-14H,8H2,1-7H3,(H,21,22,24,25);4-5,7,9-10,20-21H,6H2,1-3H3,(H,17,18,22,23);6-8,10-11H,5H2,1-4H3,(H2,16,17,19);1-2,4,6-7,15-16H,3H2,(H2,12,13,17);1H/t11-,13?,14-;7-,9?,10-;8-,10?,11-;4-,6?,7-;/m1111./s1. The Bertz CT molecular complexity index is 3520. The fourth-order valence-electron chi connectivity index (χ4n) is 9.21. The van der Waals surface area contributed by atoms with Crippen LogP contribution in [-0.2, 0) is 37.3 Å². The number of hydrogen-bond acceptors (Lipinski definition) is 24. The van der Waals surface area contributed by atoms with E-state index in [-0.39, 0.29) is 35.7 Å². The molecule has 8 rings (SSSR count). The number of nitrogens with one attached hydrogen (secondary N) is 2. The van der Waals surface area contributed by atoms with Crippen LogP contribution in [0.25, 0.3) is 0 Å². The molecule has 2 amide bonds. The summed E-state index contributed by atoms with van der Waals surface area (Å²) in [6.45, 7) is 22.7. The molecular formula is C54H81ClF8N12O18Si2. The van der Waals surface area contributed by atoms with Gasteiger partial charge in [-0.15, -0.1) is 12.4 Å². The van der Waals surface area contributed by atoms with Crippen LogP contribution in [0.2, 0.25) is 39.3 Å². The van der Waals surface area contributed by atoms with Crippen molar-refractivity contribution in [3.05, 3.63) is 91.0 Å². The van der Waals surface area contributed by atoms with E-state index in [0.29, 0.717) is 22.0 Å². The average molecular weight is 1430 g/mol. The summed E-state index contributed by atoms with van der Waals surface area (Å²) in [5.74, 6) is -14.7. The van der Waals surface area contributed by atoms with Crippen LogP contribution in [0.5, 0.6) is 0 Å². The monoisotopic (exact) mass is 1430 g/mol. The predicted molar refractivity (Wildman–Crippen MR) is 328 cm³/mol. The smallest absolute Gasteiger partial charge is 0.413 e. The molecule has 4 aliphatic rings. The summed E-state index contributed by atoms with van der Waals surface area (Å²) in [7, 11) is -4.49. The number of carbonyl (C=O) groups is 2. The molecule has 4 aliphatic heterocycles. The molecule has 536 valence electrons.